The molecule has 5 nitrogen and oxygen atoms in total. The summed E-state index contributed by atoms with van der Waals surface area (Å²) in [6.07, 6.45) is -3.88. The van der Waals surface area contributed by atoms with E-state index in [-0.39, 0.29) is 17.8 Å². The molecular formula is C17H15F3N4O. The maximum atomic E-state index is 12.9. The van der Waals surface area contributed by atoms with Crippen LogP contribution in [-0.4, -0.2) is 17.0 Å². The Morgan fingerprint density at radius 2 is 2.16 bits per heavy atom. The summed E-state index contributed by atoms with van der Waals surface area (Å²) in [5.41, 5.74) is 6.79. The summed E-state index contributed by atoms with van der Waals surface area (Å²) < 4.78 is 40.3. The molecule has 0 saturated heterocycles. The molecule has 0 radical (unpaired) electrons. The van der Waals surface area contributed by atoms with Crippen LogP contribution in [0.15, 0.2) is 24.3 Å². The average Bonchev–Trinajstić information content (AvgIpc) is 2.88. The van der Waals surface area contributed by atoms with Crippen molar-refractivity contribution in [2.45, 2.75) is 25.7 Å². The third-order valence-corrected chi connectivity index (χ3v) is 4.27. The molecule has 2 aromatic rings. The number of carbonyl (C=O) groups is 1. The lowest BCUT2D eigenvalue weighted by atomic mass is 10.0. The van der Waals surface area contributed by atoms with Crippen LogP contribution in [0, 0.1) is 11.3 Å². The molecule has 3 N–H and O–H groups in total. The molecule has 2 heterocycles. The van der Waals surface area contributed by atoms with Crippen LogP contribution in [0.5, 0.6) is 0 Å². The number of benzene rings is 1. The fourth-order valence-electron chi connectivity index (χ4n) is 3.19. The first kappa shape index (κ1) is 17.0. The van der Waals surface area contributed by atoms with Gasteiger partial charge in [-0.25, -0.2) is 0 Å². The van der Waals surface area contributed by atoms with E-state index < -0.39 is 17.6 Å². The van der Waals surface area contributed by atoms with Crippen LogP contribution >= 0.6 is 0 Å². The van der Waals surface area contributed by atoms with Gasteiger partial charge in [-0.05, 0) is 36.2 Å². The Bertz CT molecular complexity index is 877. The number of fused-ring (bicyclic) bond motifs is 1. The highest BCUT2D eigenvalue weighted by Crippen LogP contribution is 2.31. The van der Waals surface area contributed by atoms with Crippen molar-refractivity contribution in [1.29, 1.82) is 5.26 Å². The molecule has 0 saturated carbocycles. The number of halogens is 3. The predicted octanol–water partition coefficient (Wildman–Crippen LogP) is 2.17. The van der Waals surface area contributed by atoms with Crippen molar-refractivity contribution in [3.8, 4) is 6.07 Å². The zero-order chi connectivity index (χ0) is 18.2. The number of nitrogens with zero attached hydrogens (tertiary/aromatic N) is 2. The van der Waals surface area contributed by atoms with Crippen LogP contribution in [-0.2, 0) is 25.7 Å². The van der Waals surface area contributed by atoms with Crippen molar-refractivity contribution in [2.75, 3.05) is 6.54 Å². The quantitative estimate of drug-likeness (QED) is 0.892. The summed E-state index contributed by atoms with van der Waals surface area (Å²) in [4.78, 5) is 11.9. The van der Waals surface area contributed by atoms with Crippen LogP contribution in [0.2, 0.25) is 0 Å². The zero-order valence-corrected chi connectivity index (χ0v) is 13.2. The molecule has 1 aliphatic rings. The molecular weight excluding hydrogens is 333 g/mol. The first-order chi connectivity index (χ1) is 11.8. The van der Waals surface area contributed by atoms with Gasteiger partial charge in [0.1, 0.15) is 11.8 Å². The third kappa shape index (κ3) is 3.10. The van der Waals surface area contributed by atoms with Crippen molar-refractivity contribution in [3.63, 3.8) is 0 Å². The minimum absolute atomic E-state index is 0.0356. The Morgan fingerprint density at radius 3 is 2.80 bits per heavy atom. The number of alkyl halides is 3. The molecule has 1 aliphatic heterocycles. The minimum atomic E-state index is -4.45. The Hall–Kier alpha value is -2.79. The zero-order valence-electron chi connectivity index (χ0n) is 13.2. The van der Waals surface area contributed by atoms with Crippen LogP contribution in [0.4, 0.5) is 13.2 Å². The van der Waals surface area contributed by atoms with Crippen LogP contribution in [0.1, 0.15) is 38.4 Å². The number of aromatic nitrogens is 1. The fraction of sp³-hybridized carbons (Fsp3) is 0.294. The van der Waals surface area contributed by atoms with E-state index in [2.05, 4.69) is 5.32 Å². The highest BCUT2D eigenvalue weighted by atomic mass is 19.4. The van der Waals surface area contributed by atoms with Gasteiger partial charge in [-0.15, -0.1) is 0 Å². The third-order valence-electron chi connectivity index (χ3n) is 4.27. The van der Waals surface area contributed by atoms with Gasteiger partial charge in [-0.2, -0.15) is 18.4 Å². The molecule has 1 aromatic carbocycles. The van der Waals surface area contributed by atoms with Gasteiger partial charge in [-0.3, -0.25) is 4.79 Å². The van der Waals surface area contributed by atoms with E-state index in [0.29, 0.717) is 30.8 Å². The summed E-state index contributed by atoms with van der Waals surface area (Å²) >= 11 is 0. The Labute approximate surface area is 141 Å². The van der Waals surface area contributed by atoms with Crippen molar-refractivity contribution < 1.29 is 18.0 Å². The van der Waals surface area contributed by atoms with Crippen molar-refractivity contribution in [1.82, 2.24) is 9.88 Å². The predicted molar refractivity (Wildman–Crippen MR) is 83.6 cm³/mol. The second-order valence-corrected chi connectivity index (χ2v) is 5.84. The Kier molecular flexibility index (Phi) is 4.27. The Morgan fingerprint density at radius 1 is 1.40 bits per heavy atom. The van der Waals surface area contributed by atoms with Gasteiger partial charge in [0.25, 0.3) is 5.91 Å². The standard InChI is InChI=1S/C17H15F3N4O/c18-17(19,20)11-3-1-2-10(6-11)9-24-14-8-23-5-4-12(14)13(7-21)15(24)16(22)25/h1-3,6,23H,4-5,8-9H2,(H2,22,25). The highest BCUT2D eigenvalue weighted by Gasteiger charge is 2.31. The molecule has 0 bridgehead atoms. The maximum absolute atomic E-state index is 12.9. The van der Waals surface area contributed by atoms with E-state index in [9.17, 15) is 23.2 Å². The highest BCUT2D eigenvalue weighted by molar-refractivity contribution is 5.95. The number of rotatable bonds is 3. The fourth-order valence-corrected chi connectivity index (χ4v) is 3.19. The number of primary amides is 1. The molecule has 3 rings (SSSR count). The topological polar surface area (TPSA) is 83.8 Å². The number of hydrogen-bond acceptors (Lipinski definition) is 3. The first-order valence-electron chi connectivity index (χ1n) is 7.64. The van der Waals surface area contributed by atoms with Gasteiger partial charge in [0.05, 0.1) is 11.1 Å². The van der Waals surface area contributed by atoms with E-state index in [1.54, 1.807) is 10.6 Å². The van der Waals surface area contributed by atoms with Gasteiger partial charge < -0.3 is 15.6 Å². The van der Waals surface area contributed by atoms with E-state index >= 15 is 0 Å². The summed E-state index contributed by atoms with van der Waals surface area (Å²) in [5.74, 6) is -0.766. The summed E-state index contributed by atoms with van der Waals surface area (Å²) in [6, 6.07) is 6.92. The lowest BCUT2D eigenvalue weighted by Gasteiger charge is -2.18. The van der Waals surface area contributed by atoms with Crippen LogP contribution in [0.25, 0.3) is 0 Å². The van der Waals surface area contributed by atoms with Gasteiger partial charge in [0.2, 0.25) is 0 Å². The SMILES string of the molecule is N#Cc1c2c(n(Cc3cccc(C(F)(F)F)c3)c1C(N)=O)CNCC2. The number of carbonyl (C=O) groups excluding carboxylic acids is 1. The van der Waals surface area contributed by atoms with Crippen molar-refractivity contribution in [3.05, 3.63) is 57.9 Å². The molecule has 0 aliphatic carbocycles. The first-order valence-corrected chi connectivity index (χ1v) is 7.64. The largest absolute Gasteiger partial charge is 0.416 e. The number of nitrogens with one attached hydrogen (secondary N) is 1. The number of amides is 1. The smallest absolute Gasteiger partial charge is 0.364 e. The number of hydrogen-bond donors (Lipinski definition) is 2. The monoisotopic (exact) mass is 348 g/mol. The van der Waals surface area contributed by atoms with E-state index in [4.69, 9.17) is 5.73 Å². The second kappa shape index (κ2) is 6.26. The average molecular weight is 348 g/mol. The molecule has 0 spiro atoms. The normalized spacial score (nSPS) is 14.0. The van der Waals surface area contributed by atoms with Gasteiger partial charge in [-0.1, -0.05) is 12.1 Å². The molecule has 130 valence electrons. The summed E-state index contributed by atoms with van der Waals surface area (Å²) in [6.45, 7) is 1.12. The molecule has 0 fully saturated rings. The van der Waals surface area contributed by atoms with Gasteiger partial charge in [0, 0.05) is 18.8 Å². The van der Waals surface area contributed by atoms with Crippen molar-refractivity contribution in [2.24, 2.45) is 5.73 Å². The maximum Gasteiger partial charge on any atom is 0.416 e. The van der Waals surface area contributed by atoms with Gasteiger partial charge >= 0.3 is 6.18 Å². The lowest BCUT2D eigenvalue weighted by Crippen LogP contribution is -2.26. The number of nitrogens with two attached hydrogens (primary N) is 1. The van der Waals surface area contributed by atoms with Crippen LogP contribution in [0.3, 0.4) is 0 Å². The number of nitriles is 1. The van der Waals surface area contributed by atoms with E-state index in [0.717, 1.165) is 17.7 Å². The molecule has 1 aromatic heterocycles. The minimum Gasteiger partial charge on any atom is -0.364 e. The molecule has 25 heavy (non-hydrogen) atoms. The summed E-state index contributed by atoms with van der Waals surface area (Å²) in [7, 11) is 0. The summed E-state index contributed by atoms with van der Waals surface area (Å²) in [5, 5.41) is 12.6. The van der Waals surface area contributed by atoms with E-state index in [1.165, 1.54) is 6.07 Å². The molecule has 0 unspecified atom stereocenters. The van der Waals surface area contributed by atoms with Crippen LogP contribution < -0.4 is 11.1 Å². The molecule has 8 heteroatoms. The van der Waals surface area contributed by atoms with E-state index in [1.807, 2.05) is 6.07 Å². The lowest BCUT2D eigenvalue weighted by molar-refractivity contribution is -0.137. The van der Waals surface area contributed by atoms with Crippen molar-refractivity contribution >= 4 is 5.91 Å². The van der Waals surface area contributed by atoms with Gasteiger partial charge in [0.15, 0.2) is 0 Å². The second-order valence-electron chi connectivity index (χ2n) is 5.84. The molecule has 0 atom stereocenters. The molecule has 1 amide bonds. The Balaban J connectivity index is 2.11.